The quantitative estimate of drug-likeness (QED) is 0.665. The lowest BCUT2D eigenvalue weighted by Gasteiger charge is -2.17. The number of benzene rings is 1. The SMILES string of the molecule is CCC(NCCCOCCO)c1cccc(F)c1. The molecule has 102 valence electrons. The zero-order valence-electron chi connectivity index (χ0n) is 10.9. The lowest BCUT2D eigenvalue weighted by atomic mass is 10.0. The van der Waals surface area contributed by atoms with E-state index in [-0.39, 0.29) is 18.5 Å². The average Bonchev–Trinajstić information content (AvgIpc) is 2.38. The van der Waals surface area contributed by atoms with Crippen molar-refractivity contribution in [1.82, 2.24) is 5.32 Å². The second-order valence-electron chi connectivity index (χ2n) is 4.16. The summed E-state index contributed by atoms with van der Waals surface area (Å²) in [7, 11) is 0. The van der Waals surface area contributed by atoms with E-state index < -0.39 is 0 Å². The van der Waals surface area contributed by atoms with E-state index in [2.05, 4.69) is 12.2 Å². The van der Waals surface area contributed by atoms with Gasteiger partial charge >= 0.3 is 0 Å². The normalized spacial score (nSPS) is 12.6. The van der Waals surface area contributed by atoms with Crippen molar-refractivity contribution >= 4 is 0 Å². The van der Waals surface area contributed by atoms with Crippen LogP contribution in [-0.4, -0.2) is 31.5 Å². The van der Waals surface area contributed by atoms with Crippen LogP contribution in [0, 0.1) is 5.82 Å². The molecule has 0 saturated heterocycles. The lowest BCUT2D eigenvalue weighted by molar-refractivity contribution is 0.0903. The molecule has 0 fully saturated rings. The topological polar surface area (TPSA) is 41.5 Å². The zero-order valence-corrected chi connectivity index (χ0v) is 10.9. The molecular weight excluding hydrogens is 233 g/mol. The summed E-state index contributed by atoms with van der Waals surface area (Å²) in [5.74, 6) is -0.195. The molecule has 1 atom stereocenters. The van der Waals surface area contributed by atoms with Gasteiger partial charge in [-0.3, -0.25) is 0 Å². The number of rotatable bonds is 9. The predicted molar refractivity (Wildman–Crippen MR) is 70.0 cm³/mol. The zero-order chi connectivity index (χ0) is 13.2. The van der Waals surface area contributed by atoms with Crippen molar-refractivity contribution in [1.29, 1.82) is 0 Å². The van der Waals surface area contributed by atoms with Crippen LogP contribution in [0.2, 0.25) is 0 Å². The first-order valence-electron chi connectivity index (χ1n) is 6.45. The Morgan fingerprint density at radius 2 is 2.22 bits per heavy atom. The summed E-state index contributed by atoms with van der Waals surface area (Å²) in [6.45, 7) is 3.98. The first kappa shape index (κ1) is 15.1. The summed E-state index contributed by atoms with van der Waals surface area (Å²) in [5, 5.41) is 11.9. The van der Waals surface area contributed by atoms with Gasteiger partial charge in [0.05, 0.1) is 13.2 Å². The Morgan fingerprint density at radius 3 is 2.89 bits per heavy atom. The van der Waals surface area contributed by atoms with Gasteiger partial charge in [-0.05, 0) is 37.1 Å². The molecule has 0 bridgehead atoms. The Balaban J connectivity index is 2.29. The Labute approximate surface area is 108 Å². The van der Waals surface area contributed by atoms with Crippen LogP contribution in [0.3, 0.4) is 0 Å². The number of aliphatic hydroxyl groups is 1. The first-order chi connectivity index (χ1) is 8.77. The number of nitrogens with one attached hydrogen (secondary N) is 1. The predicted octanol–water partition coefficient (Wildman–Crippen LogP) is 2.27. The standard InChI is InChI=1S/C14H22FNO2/c1-2-14(12-5-3-6-13(15)11-12)16-7-4-9-18-10-8-17/h3,5-6,11,14,16-17H,2,4,7-10H2,1H3. The minimum atomic E-state index is -0.195. The maximum Gasteiger partial charge on any atom is 0.123 e. The average molecular weight is 255 g/mol. The third-order valence-corrected chi connectivity index (χ3v) is 2.75. The van der Waals surface area contributed by atoms with Gasteiger partial charge in [0.15, 0.2) is 0 Å². The summed E-state index contributed by atoms with van der Waals surface area (Å²) in [5.41, 5.74) is 0.980. The van der Waals surface area contributed by atoms with Crippen molar-refractivity contribution in [2.75, 3.05) is 26.4 Å². The molecule has 0 aliphatic heterocycles. The summed E-state index contributed by atoms with van der Waals surface area (Å²) < 4.78 is 18.3. The minimum absolute atomic E-state index is 0.0638. The molecule has 0 heterocycles. The van der Waals surface area contributed by atoms with Crippen LogP contribution in [0.25, 0.3) is 0 Å². The van der Waals surface area contributed by atoms with Gasteiger partial charge in [-0.2, -0.15) is 0 Å². The highest BCUT2D eigenvalue weighted by Crippen LogP contribution is 2.17. The van der Waals surface area contributed by atoms with Crippen molar-refractivity contribution in [3.63, 3.8) is 0 Å². The molecular formula is C14H22FNO2. The van der Waals surface area contributed by atoms with Crippen molar-refractivity contribution in [2.24, 2.45) is 0 Å². The van der Waals surface area contributed by atoms with E-state index in [0.29, 0.717) is 13.2 Å². The fourth-order valence-corrected chi connectivity index (χ4v) is 1.84. The van der Waals surface area contributed by atoms with Gasteiger partial charge in [-0.15, -0.1) is 0 Å². The van der Waals surface area contributed by atoms with Gasteiger partial charge in [0, 0.05) is 12.6 Å². The molecule has 0 spiro atoms. The molecule has 0 aliphatic rings. The molecule has 18 heavy (non-hydrogen) atoms. The molecule has 0 saturated carbocycles. The van der Waals surface area contributed by atoms with Crippen LogP contribution < -0.4 is 5.32 Å². The Bertz CT molecular complexity index is 333. The largest absolute Gasteiger partial charge is 0.394 e. The summed E-state index contributed by atoms with van der Waals surface area (Å²) >= 11 is 0. The summed E-state index contributed by atoms with van der Waals surface area (Å²) in [6.07, 6.45) is 1.80. The van der Waals surface area contributed by atoms with Crippen LogP contribution in [0.4, 0.5) is 4.39 Å². The fourth-order valence-electron chi connectivity index (χ4n) is 1.84. The van der Waals surface area contributed by atoms with E-state index >= 15 is 0 Å². The fraction of sp³-hybridized carbons (Fsp3) is 0.571. The van der Waals surface area contributed by atoms with Crippen LogP contribution in [-0.2, 0) is 4.74 Å². The second-order valence-corrected chi connectivity index (χ2v) is 4.16. The number of halogens is 1. The molecule has 1 aromatic carbocycles. The molecule has 0 aromatic heterocycles. The van der Waals surface area contributed by atoms with E-state index in [0.717, 1.165) is 24.9 Å². The summed E-state index contributed by atoms with van der Waals surface area (Å²) in [6, 6.07) is 6.88. The third kappa shape index (κ3) is 5.58. The van der Waals surface area contributed by atoms with E-state index in [9.17, 15) is 4.39 Å². The van der Waals surface area contributed by atoms with Crippen LogP contribution in [0.1, 0.15) is 31.4 Å². The first-order valence-corrected chi connectivity index (χ1v) is 6.45. The highest BCUT2D eigenvalue weighted by Gasteiger charge is 2.08. The van der Waals surface area contributed by atoms with E-state index in [1.165, 1.54) is 6.07 Å². The van der Waals surface area contributed by atoms with Crippen molar-refractivity contribution < 1.29 is 14.2 Å². The number of hydrogen-bond donors (Lipinski definition) is 2. The van der Waals surface area contributed by atoms with Crippen LogP contribution in [0.5, 0.6) is 0 Å². The molecule has 4 heteroatoms. The molecule has 0 radical (unpaired) electrons. The molecule has 1 unspecified atom stereocenters. The van der Waals surface area contributed by atoms with Gasteiger partial charge in [-0.1, -0.05) is 19.1 Å². The molecule has 2 N–H and O–H groups in total. The number of ether oxygens (including phenoxy) is 1. The molecule has 1 rings (SSSR count). The van der Waals surface area contributed by atoms with Gasteiger partial charge < -0.3 is 15.2 Å². The Kier molecular flexibility index (Phi) is 7.57. The van der Waals surface area contributed by atoms with Gasteiger partial charge in [0.25, 0.3) is 0 Å². The molecule has 3 nitrogen and oxygen atoms in total. The summed E-state index contributed by atoms with van der Waals surface area (Å²) in [4.78, 5) is 0. The van der Waals surface area contributed by atoms with Crippen molar-refractivity contribution in [3.8, 4) is 0 Å². The van der Waals surface area contributed by atoms with E-state index in [1.807, 2.05) is 6.07 Å². The second kappa shape index (κ2) is 9.03. The maximum atomic E-state index is 13.1. The van der Waals surface area contributed by atoms with Crippen molar-refractivity contribution in [2.45, 2.75) is 25.8 Å². The number of hydrogen-bond acceptors (Lipinski definition) is 3. The van der Waals surface area contributed by atoms with Crippen LogP contribution >= 0.6 is 0 Å². The van der Waals surface area contributed by atoms with E-state index in [1.54, 1.807) is 12.1 Å². The molecule has 0 amide bonds. The lowest BCUT2D eigenvalue weighted by Crippen LogP contribution is -2.23. The van der Waals surface area contributed by atoms with Gasteiger partial charge in [0.1, 0.15) is 5.82 Å². The minimum Gasteiger partial charge on any atom is -0.394 e. The molecule has 1 aromatic rings. The number of aliphatic hydroxyl groups excluding tert-OH is 1. The monoisotopic (exact) mass is 255 g/mol. The Hall–Kier alpha value is -0.970. The van der Waals surface area contributed by atoms with E-state index in [4.69, 9.17) is 9.84 Å². The third-order valence-electron chi connectivity index (χ3n) is 2.75. The van der Waals surface area contributed by atoms with Gasteiger partial charge in [-0.25, -0.2) is 4.39 Å². The highest BCUT2D eigenvalue weighted by atomic mass is 19.1. The Morgan fingerprint density at radius 1 is 1.39 bits per heavy atom. The smallest absolute Gasteiger partial charge is 0.123 e. The highest BCUT2D eigenvalue weighted by molar-refractivity contribution is 5.19. The van der Waals surface area contributed by atoms with Crippen molar-refractivity contribution in [3.05, 3.63) is 35.6 Å². The van der Waals surface area contributed by atoms with Crippen LogP contribution in [0.15, 0.2) is 24.3 Å². The van der Waals surface area contributed by atoms with Gasteiger partial charge in [0.2, 0.25) is 0 Å². The maximum absolute atomic E-state index is 13.1. The molecule has 0 aliphatic carbocycles.